The Kier molecular flexibility index (Phi) is 5.01. The first-order chi connectivity index (χ1) is 9.11. The quantitative estimate of drug-likeness (QED) is 0.405. The molecule has 100 valence electrons. The highest BCUT2D eigenvalue weighted by atomic mass is 127. The zero-order valence-corrected chi connectivity index (χ0v) is 13.6. The smallest absolute Gasteiger partial charge is 0.264 e. The lowest BCUT2D eigenvalue weighted by atomic mass is 10.2. The number of halogens is 2. The molecular weight excluding hydrogens is 427 g/mol. The summed E-state index contributed by atoms with van der Waals surface area (Å²) in [6.45, 7) is 2.04. The minimum Gasteiger partial charge on any atom is -0.450 e. The lowest BCUT2D eigenvalue weighted by Gasteiger charge is -2.26. The van der Waals surface area contributed by atoms with Crippen LogP contribution in [0.5, 0.6) is 0 Å². The third kappa shape index (κ3) is 3.58. The van der Waals surface area contributed by atoms with Crippen LogP contribution in [-0.2, 0) is 9.53 Å². The van der Waals surface area contributed by atoms with Gasteiger partial charge in [-0.05, 0) is 22.0 Å². The maximum absolute atomic E-state index is 12.1. The minimum absolute atomic E-state index is 0.0690. The summed E-state index contributed by atoms with van der Waals surface area (Å²) in [5.74, 6) is 0.197. The van der Waals surface area contributed by atoms with Gasteiger partial charge in [0, 0.05) is 41.8 Å². The molecule has 0 aromatic carbocycles. The van der Waals surface area contributed by atoms with E-state index in [1.807, 2.05) is 28.7 Å². The SMILES string of the molecule is N#C/C(=C/c1cc(Br)c(I)o1)C(=O)N1CCOCC1. The number of furan rings is 1. The van der Waals surface area contributed by atoms with Crippen LogP contribution < -0.4 is 0 Å². The maximum Gasteiger partial charge on any atom is 0.264 e. The topological polar surface area (TPSA) is 66.5 Å². The second kappa shape index (κ2) is 6.54. The number of hydrogen-bond acceptors (Lipinski definition) is 4. The van der Waals surface area contributed by atoms with E-state index in [-0.39, 0.29) is 11.5 Å². The van der Waals surface area contributed by atoms with Crippen LogP contribution in [0, 0.1) is 15.1 Å². The van der Waals surface area contributed by atoms with E-state index in [2.05, 4.69) is 15.9 Å². The number of ether oxygens (including phenoxy) is 1. The Balaban J connectivity index is 2.19. The van der Waals surface area contributed by atoms with Gasteiger partial charge in [0.05, 0.1) is 17.7 Å². The molecule has 0 bridgehead atoms. The first kappa shape index (κ1) is 14.6. The van der Waals surface area contributed by atoms with Gasteiger partial charge in [-0.1, -0.05) is 0 Å². The minimum atomic E-state index is -0.284. The van der Waals surface area contributed by atoms with Crippen molar-refractivity contribution in [2.75, 3.05) is 26.3 Å². The fourth-order valence-electron chi connectivity index (χ4n) is 1.66. The Morgan fingerprint density at radius 1 is 1.53 bits per heavy atom. The van der Waals surface area contributed by atoms with Gasteiger partial charge < -0.3 is 14.1 Å². The van der Waals surface area contributed by atoms with Crippen LogP contribution in [0.3, 0.4) is 0 Å². The van der Waals surface area contributed by atoms with E-state index in [1.54, 1.807) is 11.0 Å². The van der Waals surface area contributed by atoms with E-state index in [4.69, 9.17) is 14.4 Å². The zero-order valence-electron chi connectivity index (χ0n) is 9.86. The molecular formula is C12H10BrIN2O3. The van der Waals surface area contributed by atoms with Crippen molar-refractivity contribution in [2.24, 2.45) is 0 Å². The summed E-state index contributed by atoms with van der Waals surface area (Å²) in [5, 5.41) is 9.11. The molecule has 0 radical (unpaired) electrons. The number of amides is 1. The van der Waals surface area contributed by atoms with Crippen molar-refractivity contribution in [3.8, 4) is 6.07 Å². The predicted molar refractivity (Wildman–Crippen MR) is 80.1 cm³/mol. The molecule has 2 rings (SSSR count). The fraction of sp³-hybridized carbons (Fsp3) is 0.333. The lowest BCUT2D eigenvalue weighted by Crippen LogP contribution is -2.41. The number of rotatable bonds is 2. The molecule has 5 nitrogen and oxygen atoms in total. The largest absolute Gasteiger partial charge is 0.450 e. The molecule has 19 heavy (non-hydrogen) atoms. The van der Waals surface area contributed by atoms with Gasteiger partial charge >= 0.3 is 0 Å². The molecule has 1 fully saturated rings. The molecule has 0 saturated carbocycles. The van der Waals surface area contributed by atoms with Crippen LogP contribution in [0.15, 0.2) is 20.5 Å². The molecule has 7 heteroatoms. The van der Waals surface area contributed by atoms with Gasteiger partial charge in [-0.15, -0.1) is 0 Å². The molecule has 0 unspecified atom stereocenters. The summed E-state index contributed by atoms with van der Waals surface area (Å²) in [4.78, 5) is 13.8. The Bertz CT molecular complexity index is 536. The molecule has 0 aliphatic carbocycles. The van der Waals surface area contributed by atoms with E-state index in [0.29, 0.717) is 35.8 Å². The Morgan fingerprint density at radius 2 is 2.21 bits per heavy atom. The van der Waals surface area contributed by atoms with Crippen LogP contribution >= 0.6 is 38.5 Å². The first-order valence-corrected chi connectivity index (χ1v) is 7.42. The van der Waals surface area contributed by atoms with Crippen molar-refractivity contribution in [1.82, 2.24) is 4.90 Å². The number of nitrogens with zero attached hydrogens (tertiary/aromatic N) is 2. The van der Waals surface area contributed by atoms with Crippen LogP contribution in [0.4, 0.5) is 0 Å². The van der Waals surface area contributed by atoms with Crippen molar-refractivity contribution >= 4 is 50.5 Å². The van der Waals surface area contributed by atoms with Gasteiger partial charge in [0.1, 0.15) is 17.4 Å². The Morgan fingerprint density at radius 3 is 2.74 bits per heavy atom. The third-order valence-corrected chi connectivity index (χ3v) is 4.73. The molecule has 0 atom stereocenters. The molecule has 1 aromatic heterocycles. The van der Waals surface area contributed by atoms with E-state index in [9.17, 15) is 4.79 Å². The summed E-state index contributed by atoms with van der Waals surface area (Å²) >= 11 is 5.34. The summed E-state index contributed by atoms with van der Waals surface area (Å²) < 4.78 is 12.1. The van der Waals surface area contributed by atoms with Crippen LogP contribution in [0.2, 0.25) is 0 Å². The average Bonchev–Trinajstić information content (AvgIpc) is 2.75. The van der Waals surface area contributed by atoms with Crippen LogP contribution in [0.25, 0.3) is 6.08 Å². The van der Waals surface area contributed by atoms with Crippen molar-refractivity contribution in [3.63, 3.8) is 0 Å². The summed E-state index contributed by atoms with van der Waals surface area (Å²) in [6, 6.07) is 3.66. The maximum atomic E-state index is 12.1. The molecule has 2 heterocycles. The average molecular weight is 437 g/mol. The van der Waals surface area contributed by atoms with E-state index >= 15 is 0 Å². The number of hydrogen-bond donors (Lipinski definition) is 0. The van der Waals surface area contributed by atoms with Crippen LogP contribution in [0.1, 0.15) is 5.76 Å². The molecule has 0 N–H and O–H groups in total. The zero-order chi connectivity index (χ0) is 13.8. The highest BCUT2D eigenvalue weighted by molar-refractivity contribution is 14.1. The second-order valence-corrected chi connectivity index (χ2v) is 5.68. The van der Waals surface area contributed by atoms with Gasteiger partial charge in [-0.25, -0.2) is 0 Å². The van der Waals surface area contributed by atoms with Crippen molar-refractivity contribution in [2.45, 2.75) is 0 Å². The van der Waals surface area contributed by atoms with Crippen molar-refractivity contribution < 1.29 is 13.9 Å². The number of morpholine rings is 1. The summed E-state index contributed by atoms with van der Waals surface area (Å²) in [6.07, 6.45) is 1.46. The predicted octanol–water partition coefficient (Wildman–Crippen LogP) is 2.41. The third-order valence-electron chi connectivity index (χ3n) is 2.60. The fourth-order valence-corrected chi connectivity index (χ4v) is 2.37. The van der Waals surface area contributed by atoms with Crippen molar-refractivity contribution in [3.05, 3.63) is 25.6 Å². The van der Waals surface area contributed by atoms with Gasteiger partial charge in [0.25, 0.3) is 5.91 Å². The summed E-state index contributed by atoms with van der Waals surface area (Å²) in [5.41, 5.74) is 0.0690. The molecule has 1 aliphatic rings. The number of nitriles is 1. The molecule has 1 aliphatic heterocycles. The van der Waals surface area contributed by atoms with E-state index in [0.717, 1.165) is 4.47 Å². The standard InChI is InChI=1S/C12H10BrIN2O3/c13-10-6-9(19-11(10)14)5-8(7-15)12(17)16-1-3-18-4-2-16/h5-6H,1-4H2/b8-5-. The normalized spacial score (nSPS) is 16.3. The second-order valence-electron chi connectivity index (χ2n) is 3.84. The Hall–Kier alpha value is -0.850. The van der Waals surface area contributed by atoms with Gasteiger partial charge in [0.2, 0.25) is 0 Å². The molecule has 1 amide bonds. The highest BCUT2D eigenvalue weighted by Gasteiger charge is 2.21. The van der Waals surface area contributed by atoms with E-state index in [1.165, 1.54) is 6.08 Å². The van der Waals surface area contributed by atoms with E-state index < -0.39 is 0 Å². The molecule has 1 saturated heterocycles. The van der Waals surface area contributed by atoms with Gasteiger partial charge in [-0.3, -0.25) is 4.79 Å². The number of carbonyl (C=O) groups is 1. The highest BCUT2D eigenvalue weighted by Crippen LogP contribution is 2.24. The number of carbonyl (C=O) groups excluding carboxylic acids is 1. The van der Waals surface area contributed by atoms with Crippen molar-refractivity contribution in [1.29, 1.82) is 5.26 Å². The summed E-state index contributed by atoms with van der Waals surface area (Å²) in [7, 11) is 0. The molecule has 1 aromatic rings. The first-order valence-electron chi connectivity index (χ1n) is 5.55. The van der Waals surface area contributed by atoms with Gasteiger partial charge in [-0.2, -0.15) is 5.26 Å². The lowest BCUT2D eigenvalue weighted by molar-refractivity contribution is -0.130. The Labute approximate surface area is 132 Å². The van der Waals surface area contributed by atoms with Crippen LogP contribution in [-0.4, -0.2) is 37.1 Å². The monoisotopic (exact) mass is 436 g/mol. The molecule has 0 spiro atoms. The van der Waals surface area contributed by atoms with Gasteiger partial charge in [0.15, 0.2) is 3.77 Å².